The molecule has 7 aromatic rings. The first kappa shape index (κ1) is 46.2. The van der Waals surface area contributed by atoms with Gasteiger partial charge < -0.3 is 0 Å². The summed E-state index contributed by atoms with van der Waals surface area (Å²) < 4.78 is 173. The van der Waals surface area contributed by atoms with Crippen LogP contribution in [0.3, 0.4) is 0 Å². The van der Waals surface area contributed by atoms with Gasteiger partial charge in [0.1, 0.15) is 18.2 Å². The van der Waals surface area contributed by atoms with Gasteiger partial charge in [0.25, 0.3) is 0 Å². The van der Waals surface area contributed by atoms with Crippen molar-refractivity contribution in [1.82, 2.24) is 0 Å². The van der Waals surface area contributed by atoms with E-state index < -0.39 is 63.0 Å². The molecule has 0 bridgehead atoms. The van der Waals surface area contributed by atoms with E-state index >= 15 is 0 Å². The van der Waals surface area contributed by atoms with Crippen molar-refractivity contribution in [2.75, 3.05) is 6.26 Å². The summed E-state index contributed by atoms with van der Waals surface area (Å²) in [5.41, 5.74) is -2.33. The minimum absolute atomic E-state index is 0.0114. The van der Waals surface area contributed by atoms with Gasteiger partial charge in [-0.3, -0.25) is 0 Å². The summed E-state index contributed by atoms with van der Waals surface area (Å²) in [5, 5.41) is 5.32. The number of rotatable bonds is 6. The lowest BCUT2D eigenvalue weighted by Crippen LogP contribution is -2.74. The van der Waals surface area contributed by atoms with Crippen LogP contribution >= 0.6 is 0 Å². The monoisotopic (exact) mass is 896 g/mol. The second-order valence-corrected chi connectivity index (χ2v) is 17.3. The van der Waals surface area contributed by atoms with E-state index in [9.17, 15) is 56.9 Å². The minimum Gasteiger partial charge on any atom is -0.195 e. The average Bonchev–Trinajstić information content (AvgIpc) is 3.23. The Morgan fingerprint density at radius 1 is 0.429 bits per heavy atom. The van der Waals surface area contributed by atoms with Crippen LogP contribution in [0.15, 0.2) is 170 Å². The van der Waals surface area contributed by atoms with Crippen molar-refractivity contribution < 1.29 is 56.9 Å². The quantitative estimate of drug-likeness (QED) is 0.0703. The highest BCUT2D eigenvalue weighted by Crippen LogP contribution is 2.32. The number of alkyl halides is 12. The van der Waals surface area contributed by atoms with Crippen LogP contribution in [0.5, 0.6) is 0 Å². The highest BCUT2D eigenvalue weighted by molar-refractivity contribution is 8.05. The maximum Gasteiger partial charge on any atom is 0.416 e. The van der Waals surface area contributed by atoms with Crippen LogP contribution in [0.1, 0.15) is 33.4 Å². The van der Waals surface area contributed by atoms with Crippen LogP contribution in [0, 0.1) is 11.2 Å². The predicted octanol–water partition coefficient (Wildman–Crippen LogP) is 11.6. The third-order valence-corrected chi connectivity index (χ3v) is 11.8. The van der Waals surface area contributed by atoms with Crippen molar-refractivity contribution in [1.29, 1.82) is 0 Å². The molecule has 0 aliphatic heterocycles. The third kappa shape index (κ3) is 11.0. The van der Waals surface area contributed by atoms with Crippen molar-refractivity contribution in [3.8, 4) is 11.2 Å². The first-order chi connectivity index (χ1) is 29.5. The van der Waals surface area contributed by atoms with Gasteiger partial charge >= 0.3 is 24.7 Å². The van der Waals surface area contributed by atoms with Gasteiger partial charge in [0, 0.05) is 11.1 Å². The highest BCUT2D eigenvalue weighted by Gasteiger charge is 2.38. The minimum atomic E-state index is -4.77. The molecule has 1 nitrogen and oxygen atoms in total. The SMILES string of the molecule is C[S+](=O)(C#Cc1ccccc1)Cc1ccc2ccccc2c1.FC(F)(F)c1ccc([B-](c2ccc(C(F)(F)F)cc2)(c2ccc(C(F)(F)F)cc2)c2ccc(C(F)(F)F)cc2)cc1. The van der Waals surface area contributed by atoms with Crippen molar-refractivity contribution in [2.24, 2.45) is 0 Å². The molecule has 0 aromatic heterocycles. The summed E-state index contributed by atoms with van der Waals surface area (Å²) in [4.78, 5) is 0. The molecular formula is C48H33BF12OS. The predicted molar refractivity (Wildman–Crippen MR) is 225 cm³/mol. The molecule has 324 valence electrons. The van der Waals surface area contributed by atoms with Gasteiger partial charge in [-0.2, -0.15) is 74.5 Å². The maximum absolute atomic E-state index is 13.3. The molecule has 1 atom stereocenters. The number of halogens is 12. The fourth-order valence-electron chi connectivity index (χ4n) is 7.37. The fraction of sp³-hybridized carbons (Fsp3) is 0.125. The molecule has 0 radical (unpaired) electrons. The smallest absolute Gasteiger partial charge is 0.195 e. The molecular weight excluding hydrogens is 863 g/mol. The van der Waals surface area contributed by atoms with Gasteiger partial charge in [0.2, 0.25) is 0 Å². The number of hydrogen-bond acceptors (Lipinski definition) is 1. The number of benzene rings is 7. The molecule has 0 N–H and O–H groups in total. The van der Waals surface area contributed by atoms with Crippen LogP contribution in [-0.4, -0.2) is 12.4 Å². The van der Waals surface area contributed by atoms with Gasteiger partial charge in [0.15, 0.2) is 15.2 Å². The summed E-state index contributed by atoms with van der Waals surface area (Å²) in [6.07, 6.45) is -20.3. The lowest BCUT2D eigenvalue weighted by molar-refractivity contribution is -0.138. The Bertz CT molecular complexity index is 2530. The topological polar surface area (TPSA) is 17.1 Å². The molecule has 7 aromatic carbocycles. The van der Waals surface area contributed by atoms with Crippen molar-refractivity contribution >= 4 is 48.7 Å². The average molecular weight is 897 g/mol. The van der Waals surface area contributed by atoms with Gasteiger partial charge in [-0.05, 0) is 34.9 Å². The Kier molecular flexibility index (Phi) is 13.1. The lowest BCUT2D eigenvalue weighted by Gasteiger charge is -2.44. The Morgan fingerprint density at radius 2 is 0.762 bits per heavy atom. The zero-order chi connectivity index (χ0) is 45.8. The Morgan fingerprint density at radius 3 is 1.11 bits per heavy atom. The zero-order valence-electron chi connectivity index (χ0n) is 32.8. The lowest BCUT2D eigenvalue weighted by atomic mass is 9.13. The summed E-state index contributed by atoms with van der Waals surface area (Å²) in [6.45, 7) is 0. The first-order valence-electron chi connectivity index (χ1n) is 18.9. The van der Waals surface area contributed by atoms with Crippen LogP contribution in [0.2, 0.25) is 0 Å². The summed E-state index contributed by atoms with van der Waals surface area (Å²) >= 11 is 0. The molecule has 0 saturated heterocycles. The molecule has 0 aliphatic carbocycles. The van der Waals surface area contributed by atoms with E-state index in [1.807, 2.05) is 48.5 Å². The van der Waals surface area contributed by atoms with E-state index in [0.29, 0.717) is 54.3 Å². The van der Waals surface area contributed by atoms with Crippen LogP contribution in [0.25, 0.3) is 10.8 Å². The van der Waals surface area contributed by atoms with Crippen molar-refractivity contribution in [2.45, 2.75) is 30.5 Å². The first-order valence-corrected chi connectivity index (χ1v) is 21.0. The Hall–Kier alpha value is -6.27. The van der Waals surface area contributed by atoms with Gasteiger partial charge in [-0.25, -0.2) is 0 Å². The molecule has 0 amide bonds. The largest absolute Gasteiger partial charge is 0.416 e. The summed E-state index contributed by atoms with van der Waals surface area (Å²) in [6, 6.07) is 37.6. The zero-order valence-corrected chi connectivity index (χ0v) is 33.6. The Labute approximate surface area is 355 Å². The van der Waals surface area contributed by atoms with E-state index in [-0.39, 0.29) is 21.9 Å². The second-order valence-electron chi connectivity index (χ2n) is 14.8. The van der Waals surface area contributed by atoms with Crippen molar-refractivity contribution in [3.63, 3.8) is 0 Å². The van der Waals surface area contributed by atoms with Gasteiger partial charge in [-0.15, -0.1) is 0 Å². The molecule has 15 heteroatoms. The normalized spacial score (nSPS) is 13.3. The van der Waals surface area contributed by atoms with Crippen LogP contribution in [0.4, 0.5) is 52.7 Å². The summed E-state index contributed by atoms with van der Waals surface area (Å²) in [5.74, 6) is 3.50. The molecule has 0 heterocycles. The third-order valence-electron chi connectivity index (χ3n) is 10.4. The van der Waals surface area contributed by atoms with E-state index in [1.165, 1.54) is 10.8 Å². The highest BCUT2D eigenvalue weighted by atomic mass is 32.2. The van der Waals surface area contributed by atoms with E-state index in [4.69, 9.17) is 0 Å². The second kappa shape index (κ2) is 17.8. The van der Waals surface area contributed by atoms with Crippen LogP contribution < -0.4 is 21.9 Å². The Balaban J connectivity index is 0.000000251. The number of fused-ring (bicyclic) bond motifs is 1. The van der Waals surface area contributed by atoms with Crippen LogP contribution in [-0.2, 0) is 44.6 Å². The van der Waals surface area contributed by atoms with Gasteiger partial charge in [-0.1, -0.05) is 156 Å². The van der Waals surface area contributed by atoms with Gasteiger partial charge in [0.05, 0.1) is 22.3 Å². The molecule has 0 saturated carbocycles. The molecule has 0 fully saturated rings. The molecule has 0 aliphatic rings. The molecule has 63 heavy (non-hydrogen) atoms. The summed E-state index contributed by atoms with van der Waals surface area (Å²) in [7, 11) is -2.21. The number of hydrogen-bond donors (Lipinski definition) is 0. The van der Waals surface area contributed by atoms with E-state index in [1.54, 1.807) is 6.26 Å². The molecule has 7 rings (SSSR count). The molecule has 1 unspecified atom stereocenters. The maximum atomic E-state index is 13.3. The fourth-order valence-corrected chi connectivity index (χ4v) is 8.59. The standard InChI is InChI=1S/C28H16BF12.C20H17OS/c30-25(31,32)17-1-9-21(10-2-17)29(22-11-3-18(4-12-22)26(33,34)35,23-13-5-19(6-14-23)27(36,37)38)24-15-7-20(8-16-24)28(39,40)41;1-22(21,14-13-17-7-3-2-4-8-17)16-18-11-12-19-9-5-6-10-20(19)15-18/h1-16H;2-12,15H,16H2,1H3/q-1;+1. The van der Waals surface area contributed by atoms with E-state index in [0.717, 1.165) is 59.7 Å². The molecule has 0 spiro atoms. The van der Waals surface area contributed by atoms with Crippen molar-refractivity contribution in [3.05, 3.63) is 203 Å². The van der Waals surface area contributed by atoms with E-state index in [2.05, 4.69) is 35.4 Å².